The summed E-state index contributed by atoms with van der Waals surface area (Å²) < 4.78 is 14.1. The van der Waals surface area contributed by atoms with Crippen molar-refractivity contribution in [2.45, 2.75) is 12.5 Å². The molecule has 2 nitrogen and oxygen atoms in total. The first-order chi connectivity index (χ1) is 9.15. The van der Waals surface area contributed by atoms with Gasteiger partial charge in [0.2, 0.25) is 0 Å². The molecule has 1 fully saturated rings. The van der Waals surface area contributed by atoms with Crippen LogP contribution in [0.25, 0.3) is 0 Å². The number of hydrogen-bond acceptors (Lipinski definition) is 2. The average molecular weight is 376 g/mol. The van der Waals surface area contributed by atoms with E-state index in [1.807, 2.05) is 0 Å². The third-order valence-electron chi connectivity index (χ3n) is 3.39. The van der Waals surface area contributed by atoms with Crippen molar-refractivity contribution in [2.24, 2.45) is 0 Å². The molecule has 1 aromatic rings. The molecule has 1 aromatic carbocycles. The molecule has 0 aliphatic carbocycles. The molecule has 0 radical (unpaired) electrons. The van der Waals surface area contributed by atoms with Crippen LogP contribution in [0.2, 0.25) is 10.0 Å². The van der Waals surface area contributed by atoms with Gasteiger partial charge in [0.05, 0.1) is 10.0 Å². The number of halogens is 5. The fraction of sp³-hybridized carbons (Fsp3) is 0.429. The SMILES string of the molecule is C=CC[C@@H](c1c(F)ccc(Cl)c1Cl)N1CCNCC1.Cl.Cl. The summed E-state index contributed by atoms with van der Waals surface area (Å²) in [6.45, 7) is 7.28. The lowest BCUT2D eigenvalue weighted by molar-refractivity contribution is 0.171. The molecule has 2 rings (SSSR count). The van der Waals surface area contributed by atoms with Gasteiger partial charge in [0.1, 0.15) is 5.82 Å². The molecule has 0 spiro atoms. The van der Waals surface area contributed by atoms with Gasteiger partial charge in [-0.3, -0.25) is 4.90 Å². The molecule has 1 N–H and O–H groups in total. The molecular weight excluding hydrogens is 357 g/mol. The summed E-state index contributed by atoms with van der Waals surface area (Å²) in [5.41, 5.74) is 0.482. The number of benzene rings is 1. The highest BCUT2D eigenvalue weighted by Crippen LogP contribution is 2.36. The maximum atomic E-state index is 14.1. The Bertz CT molecular complexity index is 465. The molecule has 1 aliphatic rings. The maximum Gasteiger partial charge on any atom is 0.129 e. The topological polar surface area (TPSA) is 15.3 Å². The van der Waals surface area contributed by atoms with E-state index in [9.17, 15) is 4.39 Å². The van der Waals surface area contributed by atoms with Crippen LogP contribution in [-0.4, -0.2) is 31.1 Å². The van der Waals surface area contributed by atoms with Crippen LogP contribution in [0.4, 0.5) is 4.39 Å². The van der Waals surface area contributed by atoms with Gasteiger partial charge >= 0.3 is 0 Å². The van der Waals surface area contributed by atoms with Crippen molar-refractivity contribution in [1.29, 1.82) is 0 Å². The number of hydrogen-bond donors (Lipinski definition) is 1. The molecule has 0 amide bonds. The zero-order valence-corrected chi connectivity index (χ0v) is 14.6. The molecule has 21 heavy (non-hydrogen) atoms. The number of rotatable bonds is 4. The standard InChI is InChI=1S/C14H17Cl2FN2.2ClH/c1-2-3-12(19-8-6-18-7-9-19)13-11(17)5-4-10(15)14(13)16;;/h2,4-5,12,18H,1,3,6-9H2;2*1H/t12-;;/m0../s1. The van der Waals surface area contributed by atoms with E-state index in [1.165, 1.54) is 12.1 Å². The van der Waals surface area contributed by atoms with E-state index >= 15 is 0 Å². The predicted molar refractivity (Wildman–Crippen MR) is 92.9 cm³/mol. The van der Waals surface area contributed by atoms with Gasteiger partial charge in [-0.2, -0.15) is 0 Å². The molecule has 1 aliphatic heterocycles. The van der Waals surface area contributed by atoms with Crippen molar-refractivity contribution in [3.8, 4) is 0 Å². The Morgan fingerprint density at radius 1 is 1.29 bits per heavy atom. The van der Waals surface area contributed by atoms with E-state index in [1.54, 1.807) is 6.08 Å². The van der Waals surface area contributed by atoms with Crippen LogP contribution < -0.4 is 5.32 Å². The Morgan fingerprint density at radius 2 is 1.90 bits per heavy atom. The lowest BCUT2D eigenvalue weighted by atomic mass is 10.0. The van der Waals surface area contributed by atoms with Gasteiger partial charge in [-0.15, -0.1) is 31.4 Å². The Hall–Kier alpha value is -0.0300. The smallest absolute Gasteiger partial charge is 0.129 e. The average Bonchev–Trinajstić information content (AvgIpc) is 2.43. The van der Waals surface area contributed by atoms with E-state index in [0.29, 0.717) is 22.0 Å². The van der Waals surface area contributed by atoms with Gasteiger partial charge in [0.15, 0.2) is 0 Å². The zero-order chi connectivity index (χ0) is 13.8. The van der Waals surface area contributed by atoms with E-state index < -0.39 is 0 Å². The summed E-state index contributed by atoms with van der Waals surface area (Å²) in [4.78, 5) is 2.22. The van der Waals surface area contributed by atoms with E-state index in [4.69, 9.17) is 23.2 Å². The summed E-state index contributed by atoms with van der Waals surface area (Å²) in [5, 5.41) is 3.99. The molecule has 0 bridgehead atoms. The van der Waals surface area contributed by atoms with Crippen molar-refractivity contribution in [1.82, 2.24) is 10.2 Å². The highest BCUT2D eigenvalue weighted by Gasteiger charge is 2.26. The minimum atomic E-state index is -0.306. The third kappa shape index (κ3) is 4.98. The first-order valence-corrected chi connectivity index (χ1v) is 7.09. The van der Waals surface area contributed by atoms with Gasteiger partial charge in [-0.1, -0.05) is 29.3 Å². The van der Waals surface area contributed by atoms with E-state index in [-0.39, 0.29) is 36.7 Å². The molecule has 7 heteroatoms. The summed E-state index contributed by atoms with van der Waals surface area (Å²) in [7, 11) is 0. The molecule has 0 saturated carbocycles. The summed E-state index contributed by atoms with van der Waals surface area (Å²) in [5.74, 6) is -0.306. The lowest BCUT2D eigenvalue weighted by Crippen LogP contribution is -2.45. The molecule has 0 unspecified atom stereocenters. The first-order valence-electron chi connectivity index (χ1n) is 6.34. The van der Waals surface area contributed by atoms with Crippen molar-refractivity contribution >= 4 is 48.0 Å². The second-order valence-electron chi connectivity index (χ2n) is 4.58. The van der Waals surface area contributed by atoms with Gasteiger partial charge in [0, 0.05) is 37.8 Å². The third-order valence-corrected chi connectivity index (χ3v) is 4.21. The quantitative estimate of drug-likeness (QED) is 0.615. The van der Waals surface area contributed by atoms with Crippen molar-refractivity contribution in [3.05, 3.63) is 46.2 Å². The van der Waals surface area contributed by atoms with Crippen LogP contribution >= 0.6 is 48.0 Å². The van der Waals surface area contributed by atoms with Crippen LogP contribution in [0, 0.1) is 5.82 Å². The largest absolute Gasteiger partial charge is 0.314 e. The highest BCUT2D eigenvalue weighted by atomic mass is 35.5. The fourth-order valence-electron chi connectivity index (χ4n) is 2.45. The minimum absolute atomic E-state index is 0. The van der Waals surface area contributed by atoms with Crippen molar-refractivity contribution in [3.63, 3.8) is 0 Å². The van der Waals surface area contributed by atoms with Gasteiger partial charge in [-0.25, -0.2) is 4.39 Å². The maximum absolute atomic E-state index is 14.1. The molecule has 1 saturated heterocycles. The molecular formula is C14H19Cl4FN2. The molecule has 120 valence electrons. The lowest BCUT2D eigenvalue weighted by Gasteiger charge is -2.35. The molecule has 0 aromatic heterocycles. The van der Waals surface area contributed by atoms with Crippen LogP contribution in [0.1, 0.15) is 18.0 Å². The number of nitrogens with zero attached hydrogens (tertiary/aromatic N) is 1. The van der Waals surface area contributed by atoms with Crippen LogP contribution in [0.3, 0.4) is 0 Å². The highest BCUT2D eigenvalue weighted by molar-refractivity contribution is 6.42. The van der Waals surface area contributed by atoms with Gasteiger partial charge in [-0.05, 0) is 18.6 Å². The van der Waals surface area contributed by atoms with Crippen molar-refractivity contribution < 1.29 is 4.39 Å². The first kappa shape index (κ1) is 21.0. The molecule has 1 heterocycles. The second kappa shape index (κ2) is 9.88. The van der Waals surface area contributed by atoms with E-state index in [2.05, 4.69) is 16.8 Å². The fourth-order valence-corrected chi connectivity index (χ4v) is 2.89. The number of nitrogens with one attached hydrogen (secondary N) is 1. The Balaban J connectivity index is 0.00000200. The predicted octanol–water partition coefficient (Wildman–Crippen LogP) is 4.50. The normalized spacial score (nSPS) is 16.5. The van der Waals surface area contributed by atoms with Crippen LogP contribution in [-0.2, 0) is 0 Å². The van der Waals surface area contributed by atoms with Gasteiger partial charge in [0.25, 0.3) is 0 Å². The summed E-state index contributed by atoms with van der Waals surface area (Å²) in [6.07, 6.45) is 2.44. The summed E-state index contributed by atoms with van der Waals surface area (Å²) in [6, 6.07) is 2.76. The Morgan fingerprint density at radius 3 is 2.48 bits per heavy atom. The second-order valence-corrected chi connectivity index (χ2v) is 5.37. The Kier molecular flexibility index (Phi) is 9.87. The van der Waals surface area contributed by atoms with Crippen LogP contribution in [0.5, 0.6) is 0 Å². The van der Waals surface area contributed by atoms with Gasteiger partial charge < -0.3 is 5.32 Å². The zero-order valence-electron chi connectivity index (χ0n) is 11.4. The van der Waals surface area contributed by atoms with Crippen LogP contribution in [0.15, 0.2) is 24.8 Å². The summed E-state index contributed by atoms with van der Waals surface area (Å²) >= 11 is 12.2. The molecule has 1 atom stereocenters. The van der Waals surface area contributed by atoms with E-state index in [0.717, 1.165) is 26.2 Å². The monoisotopic (exact) mass is 374 g/mol. The number of piperazine rings is 1. The minimum Gasteiger partial charge on any atom is -0.314 e. The van der Waals surface area contributed by atoms with Crippen molar-refractivity contribution in [2.75, 3.05) is 26.2 Å². The Labute approximate surface area is 147 Å².